The largest absolute Gasteiger partial charge is 0.476 e. The van der Waals surface area contributed by atoms with Crippen LogP contribution in [0.5, 0.6) is 0 Å². The number of rotatable bonds is 34. The molecule has 2 aliphatic heterocycles. The molecule has 4 saturated carbocycles. The van der Waals surface area contributed by atoms with Crippen molar-refractivity contribution < 1.29 is 72.1 Å². The number of aliphatic imine (C=N–C) groups is 1. The molecule has 0 radical (unpaired) electrons. The number of aromatic nitrogens is 3. The Hall–Kier alpha value is -9.48. The van der Waals surface area contributed by atoms with Crippen molar-refractivity contribution in [3.8, 4) is 0 Å². The Morgan fingerprint density at radius 2 is 1.58 bits per heavy atom. The molecule has 29 nitrogen and oxygen atoms in total. The average molecular weight is 1470 g/mol. The zero-order chi connectivity index (χ0) is 74.7. The second-order valence-electron chi connectivity index (χ2n) is 29.2. The summed E-state index contributed by atoms with van der Waals surface area (Å²) in [5.41, 5.74) is 15.3. The van der Waals surface area contributed by atoms with Gasteiger partial charge in [-0.1, -0.05) is 69.7 Å². The Balaban J connectivity index is 0.745. The van der Waals surface area contributed by atoms with Crippen molar-refractivity contribution in [2.24, 2.45) is 38.6 Å². The van der Waals surface area contributed by atoms with Crippen molar-refractivity contribution in [1.29, 1.82) is 0 Å². The Morgan fingerprint density at radius 3 is 2.26 bits per heavy atom. The third-order valence-electron chi connectivity index (χ3n) is 20.0. The molecule has 6 aliphatic rings. The summed E-state index contributed by atoms with van der Waals surface area (Å²) in [5.74, 6) is -3.87. The predicted molar refractivity (Wildman–Crippen MR) is 391 cm³/mol. The molecule has 5 aromatic rings. The van der Waals surface area contributed by atoms with Crippen molar-refractivity contribution in [3.05, 3.63) is 125 Å². The minimum absolute atomic E-state index is 0.0187. The lowest BCUT2D eigenvalue weighted by Crippen LogP contribution is -2.64. The summed E-state index contributed by atoms with van der Waals surface area (Å²) in [7, 11) is -4.42. The Kier molecular flexibility index (Phi) is 24.6. The fraction of sp³-hybridized carbons (Fsp3) is 0.493. The number of primary amides is 1. The topological polar surface area (TPSA) is 423 Å². The van der Waals surface area contributed by atoms with Crippen LogP contribution < -0.4 is 43.0 Å². The van der Waals surface area contributed by atoms with Gasteiger partial charge in [0.05, 0.1) is 23.1 Å². The van der Waals surface area contributed by atoms with E-state index in [9.17, 15) is 62.6 Å². The lowest BCUT2D eigenvalue weighted by Gasteiger charge is -2.69. The summed E-state index contributed by atoms with van der Waals surface area (Å²) in [6.45, 7) is 11.4. The Bertz CT molecular complexity index is 4160. The number of nitrogens with zero attached hydrogens (tertiary/aromatic N) is 7. The molecule has 9 amide bonds. The molecule has 4 bridgehead atoms. The summed E-state index contributed by atoms with van der Waals surface area (Å²) in [4.78, 5) is 160. The van der Waals surface area contributed by atoms with Gasteiger partial charge in [-0.3, -0.25) is 48.5 Å². The lowest BCUT2D eigenvalue weighted by molar-refractivity contribution is -0.242. The fourth-order valence-electron chi connectivity index (χ4n) is 16.4. The highest BCUT2D eigenvalue weighted by atomic mass is 32.1. The number of aromatic carboxylic acids is 1. The standard InChI is InChI=1S/C73H93N14O15PS/c1-45(2)60(82-57(88)17-7-6-8-30-87-58(89)24-25-59(87)90)65(93)80-54(15-10-28-77-67(75)96)64(92)79-49-20-18-47(19-21-49)37-101-69(97)85(29-12-34-103(98,99)100)32-33-102-73-41-70(4)38-71(5,42-73)40-72(39-70,43-73)44-78-46(3)52(35-74)50-22-23-56(81-61(50)66(94)95)86-31-26-48-13-9-14-51(53(48)36-86)63(91)84-68-83-62-55(104-68)16-11-27-76-62/h9,11,13-14,16,18-25,27,35,45,54,60H,6-8,10,12,15,17,26,28-34,36-44,74H2,1-5H3,(H,79,92)(H,80,93)(H,82,88)(H,94,95)(H3,75,77,96)(H2,98,99,100)(H,76,83,84,91)/t54-,60?,70?,71?,72?,73?/m0/s1. The second kappa shape index (κ2) is 33.1. The van der Waals surface area contributed by atoms with Crippen LogP contribution in [0.1, 0.15) is 161 Å². The van der Waals surface area contributed by atoms with E-state index in [4.69, 9.17) is 30.9 Å². The van der Waals surface area contributed by atoms with E-state index in [2.05, 4.69) is 50.4 Å². The molecular weight excluding hydrogens is 1380 g/mol. The Labute approximate surface area is 607 Å². The number of fused-ring (bicyclic) bond motifs is 2. The van der Waals surface area contributed by atoms with Gasteiger partial charge in [-0.05, 0) is 165 Å². The summed E-state index contributed by atoms with van der Waals surface area (Å²) in [6.07, 6.45) is 11.7. The molecule has 31 heteroatoms. The molecule has 2 aromatic carbocycles. The Morgan fingerprint density at radius 1 is 0.837 bits per heavy atom. The van der Waals surface area contributed by atoms with Crippen LogP contribution in [0.2, 0.25) is 0 Å². The molecule has 556 valence electrons. The van der Waals surface area contributed by atoms with Gasteiger partial charge in [0, 0.05) is 105 Å². The number of imide groups is 1. The molecule has 0 saturated heterocycles. The average Bonchev–Trinajstić information content (AvgIpc) is 0.708. The van der Waals surface area contributed by atoms with E-state index < -0.39 is 67.3 Å². The van der Waals surface area contributed by atoms with Crippen LogP contribution >= 0.6 is 18.9 Å². The van der Waals surface area contributed by atoms with Crippen LogP contribution in [-0.2, 0) is 57.6 Å². The number of carboxylic acids is 1. The number of benzene rings is 2. The van der Waals surface area contributed by atoms with E-state index in [1.165, 1.54) is 34.6 Å². The number of ether oxygens (including phenoxy) is 2. The molecule has 0 spiro atoms. The summed E-state index contributed by atoms with van der Waals surface area (Å²) in [5, 5.41) is 24.9. The molecule has 4 atom stereocenters. The number of nitrogens with two attached hydrogens (primary N) is 2. The van der Waals surface area contributed by atoms with Gasteiger partial charge in [0.15, 0.2) is 16.5 Å². The van der Waals surface area contributed by atoms with Crippen LogP contribution in [0.4, 0.5) is 26.2 Å². The molecule has 4 aliphatic carbocycles. The first kappa shape index (κ1) is 77.1. The number of hydrogen-bond acceptors (Lipinski definition) is 19. The maximum atomic E-state index is 14.0. The predicted octanol–water partition coefficient (Wildman–Crippen LogP) is 8.20. The fourth-order valence-corrected chi connectivity index (χ4v) is 17.8. The zero-order valence-electron chi connectivity index (χ0n) is 59.2. The zero-order valence-corrected chi connectivity index (χ0v) is 61.0. The van der Waals surface area contributed by atoms with E-state index in [1.54, 1.807) is 62.5 Å². The highest BCUT2D eigenvalue weighted by Gasteiger charge is 2.66. The highest BCUT2D eigenvalue weighted by Crippen LogP contribution is 2.71. The first-order chi connectivity index (χ1) is 49.4. The summed E-state index contributed by atoms with van der Waals surface area (Å²) >= 11 is 1.33. The number of carbonyl (C=O) groups is 9. The third kappa shape index (κ3) is 19.7. The number of pyridine rings is 2. The maximum absolute atomic E-state index is 14.0. The molecule has 3 unspecified atom stereocenters. The number of unbranched alkanes of at least 4 members (excludes halogenated alkanes) is 2. The van der Waals surface area contributed by atoms with Crippen molar-refractivity contribution >= 4 is 111 Å². The number of nitrogens with one attached hydrogen (secondary N) is 5. The van der Waals surface area contributed by atoms with Crippen molar-refractivity contribution in [1.82, 2.24) is 40.7 Å². The van der Waals surface area contributed by atoms with Crippen LogP contribution in [-0.4, -0.2) is 169 Å². The van der Waals surface area contributed by atoms with E-state index in [0.29, 0.717) is 102 Å². The molecule has 4 fully saturated rings. The van der Waals surface area contributed by atoms with Crippen molar-refractivity contribution in [2.45, 2.75) is 155 Å². The maximum Gasteiger partial charge on any atom is 0.410 e. The van der Waals surface area contributed by atoms with Gasteiger partial charge < -0.3 is 66.9 Å². The van der Waals surface area contributed by atoms with Gasteiger partial charge in [-0.2, -0.15) is 4.98 Å². The normalized spacial score (nSPS) is 21.2. The lowest BCUT2D eigenvalue weighted by atomic mass is 9.39. The van der Waals surface area contributed by atoms with Crippen LogP contribution in [0.3, 0.4) is 0 Å². The van der Waals surface area contributed by atoms with Gasteiger partial charge in [0.25, 0.3) is 17.7 Å². The van der Waals surface area contributed by atoms with Crippen LogP contribution in [0.25, 0.3) is 15.9 Å². The van der Waals surface area contributed by atoms with Gasteiger partial charge >= 0.3 is 25.7 Å². The SMILES string of the molecule is CC(=NCC12CC3(C)CC(C)(C1)CC(OCCN(CCCP(=O)(O)O)C(=O)OCc1ccc(NC(=O)[C@H](CCCNC(N)=O)NC(=O)C(NC(=O)CCCCCN4C(=O)C=CC4=O)C(C)C)cc1)(C3)C2)C(=CN)c1ccc(N2CCc3cccc(C(=O)Nc4nc5ncccc5s4)c3C2)nc1C(=O)O. The highest BCUT2D eigenvalue weighted by molar-refractivity contribution is 7.51. The van der Waals surface area contributed by atoms with Gasteiger partial charge in [0.1, 0.15) is 24.5 Å². The number of anilines is 3. The van der Waals surface area contributed by atoms with E-state index in [-0.39, 0.29) is 111 Å². The minimum Gasteiger partial charge on any atom is -0.476 e. The quantitative estimate of drug-likeness (QED) is 0.00802. The van der Waals surface area contributed by atoms with Gasteiger partial charge in [0.2, 0.25) is 17.7 Å². The van der Waals surface area contributed by atoms with E-state index in [1.807, 2.05) is 36.1 Å². The smallest absolute Gasteiger partial charge is 0.410 e. The third-order valence-corrected chi connectivity index (χ3v) is 21.8. The molecule has 11 rings (SSSR count). The van der Waals surface area contributed by atoms with Gasteiger partial charge in [-0.25, -0.2) is 24.4 Å². The van der Waals surface area contributed by atoms with Gasteiger partial charge in [-0.15, -0.1) is 0 Å². The van der Waals surface area contributed by atoms with Crippen molar-refractivity contribution in [2.75, 3.05) is 67.6 Å². The number of allylic oxidation sites excluding steroid dienone is 1. The van der Waals surface area contributed by atoms with Crippen molar-refractivity contribution in [3.63, 3.8) is 0 Å². The number of hydrogen-bond donors (Lipinski definition) is 10. The van der Waals surface area contributed by atoms with Crippen LogP contribution in [0, 0.1) is 22.2 Å². The molecule has 12 N–H and O–H groups in total. The number of carbonyl (C=O) groups excluding carboxylic acids is 8. The summed E-state index contributed by atoms with van der Waals surface area (Å²) < 4.78 is 25.7. The number of thiazole rings is 1. The van der Waals surface area contributed by atoms with E-state index in [0.717, 1.165) is 52.8 Å². The molecular formula is C73H93N14O15PS. The monoisotopic (exact) mass is 1470 g/mol. The molecule has 5 heterocycles. The number of carboxylic acid groups (broad SMARTS) is 1. The number of urea groups is 1. The second-order valence-corrected chi connectivity index (χ2v) is 32.0. The molecule has 3 aromatic heterocycles. The van der Waals surface area contributed by atoms with Crippen LogP contribution in [0.15, 0.2) is 96.3 Å². The first-order valence-electron chi connectivity index (χ1n) is 35.2. The summed E-state index contributed by atoms with van der Waals surface area (Å²) in [6, 6.07) is 16.3. The molecule has 104 heavy (non-hydrogen) atoms. The number of amides is 9. The van der Waals surface area contributed by atoms with E-state index >= 15 is 0 Å². The minimum atomic E-state index is -4.42. The first-order valence-corrected chi connectivity index (χ1v) is 37.8.